The van der Waals surface area contributed by atoms with Gasteiger partial charge in [-0.1, -0.05) is 13.0 Å². The quantitative estimate of drug-likeness (QED) is 0.633. The molecule has 1 aromatic rings. The molecule has 118 valence electrons. The van der Waals surface area contributed by atoms with Crippen molar-refractivity contribution in [1.29, 1.82) is 0 Å². The lowest BCUT2D eigenvalue weighted by Gasteiger charge is -2.16. The summed E-state index contributed by atoms with van der Waals surface area (Å²) in [5.74, 6) is -1.18. The summed E-state index contributed by atoms with van der Waals surface area (Å²) >= 11 is 0. The van der Waals surface area contributed by atoms with Crippen LogP contribution in [0.1, 0.15) is 22.8 Å². The maximum absolute atomic E-state index is 12.2. The van der Waals surface area contributed by atoms with Crippen molar-refractivity contribution in [3.63, 3.8) is 0 Å². The molecule has 0 heterocycles. The molecule has 1 aromatic carbocycles. The van der Waals surface area contributed by atoms with Crippen molar-refractivity contribution in [2.45, 2.75) is 24.3 Å². The molecule has 3 N–H and O–H groups in total. The van der Waals surface area contributed by atoms with Crippen LogP contribution in [-0.2, 0) is 21.2 Å². The first kappa shape index (κ1) is 17.6. The topological polar surface area (TPSA) is 113 Å². The Labute approximate surface area is 123 Å². The molecule has 1 unspecified atom stereocenters. The number of hydrogen-bond acceptors (Lipinski definition) is 5. The molecule has 0 aliphatic heterocycles. The molecule has 8 heteroatoms. The first-order valence-electron chi connectivity index (χ1n) is 6.34. The molecule has 1 rings (SSSR count). The Kier molecular flexibility index (Phi) is 6.28. The van der Waals surface area contributed by atoms with Gasteiger partial charge in [0.15, 0.2) is 0 Å². The summed E-state index contributed by atoms with van der Waals surface area (Å²) in [5.41, 5.74) is 0.504. The molecule has 0 spiro atoms. The molecular formula is C13H19NO6S. The molecule has 0 fully saturated rings. The van der Waals surface area contributed by atoms with Gasteiger partial charge in [0.1, 0.15) is 0 Å². The number of carboxylic acid groups (broad SMARTS) is 1. The van der Waals surface area contributed by atoms with Gasteiger partial charge in [-0.2, -0.15) is 0 Å². The van der Waals surface area contributed by atoms with E-state index in [2.05, 4.69) is 4.72 Å². The van der Waals surface area contributed by atoms with Crippen LogP contribution in [0.2, 0.25) is 0 Å². The van der Waals surface area contributed by atoms with E-state index in [9.17, 15) is 13.2 Å². The van der Waals surface area contributed by atoms with Crippen LogP contribution in [0, 0.1) is 0 Å². The number of nitrogens with one attached hydrogen (secondary N) is 1. The number of aromatic carboxylic acids is 1. The van der Waals surface area contributed by atoms with Gasteiger partial charge < -0.3 is 14.9 Å². The Hall–Kier alpha value is -1.48. The second-order valence-electron chi connectivity index (χ2n) is 4.43. The van der Waals surface area contributed by atoms with Crippen molar-refractivity contribution in [1.82, 2.24) is 4.72 Å². The maximum Gasteiger partial charge on any atom is 0.336 e. The minimum absolute atomic E-state index is 0.00849. The van der Waals surface area contributed by atoms with Crippen molar-refractivity contribution in [3.8, 4) is 0 Å². The fourth-order valence-corrected chi connectivity index (χ4v) is 3.08. The van der Waals surface area contributed by atoms with Crippen molar-refractivity contribution >= 4 is 16.0 Å². The van der Waals surface area contributed by atoms with E-state index in [1.54, 1.807) is 6.92 Å². The highest BCUT2D eigenvalue weighted by Gasteiger charge is 2.22. The monoisotopic (exact) mass is 317 g/mol. The van der Waals surface area contributed by atoms with Gasteiger partial charge in [-0.05, 0) is 24.1 Å². The second kappa shape index (κ2) is 7.51. The van der Waals surface area contributed by atoms with Gasteiger partial charge in [-0.15, -0.1) is 0 Å². The number of carbonyl (C=O) groups is 1. The number of aliphatic hydroxyl groups excluding tert-OH is 1. The first-order valence-corrected chi connectivity index (χ1v) is 7.82. The minimum atomic E-state index is -3.93. The van der Waals surface area contributed by atoms with Gasteiger partial charge in [0, 0.05) is 7.11 Å². The van der Waals surface area contributed by atoms with E-state index in [1.807, 2.05) is 0 Å². The number of methoxy groups -OCH3 is 1. The molecule has 0 radical (unpaired) electrons. The van der Waals surface area contributed by atoms with E-state index >= 15 is 0 Å². The van der Waals surface area contributed by atoms with E-state index in [0.717, 1.165) is 6.07 Å². The fraction of sp³-hybridized carbons (Fsp3) is 0.462. The van der Waals surface area contributed by atoms with Crippen molar-refractivity contribution in [2.24, 2.45) is 0 Å². The van der Waals surface area contributed by atoms with Crippen LogP contribution in [0.15, 0.2) is 23.1 Å². The number of aryl methyl sites for hydroxylation is 1. The lowest BCUT2D eigenvalue weighted by Crippen LogP contribution is -2.40. The molecule has 0 amide bonds. The smallest absolute Gasteiger partial charge is 0.336 e. The summed E-state index contributed by atoms with van der Waals surface area (Å²) in [7, 11) is -2.54. The third-order valence-corrected chi connectivity index (χ3v) is 4.43. The first-order chi connectivity index (χ1) is 9.85. The van der Waals surface area contributed by atoms with Crippen LogP contribution >= 0.6 is 0 Å². The standard InChI is InChI=1S/C13H19NO6S/c1-3-9-4-5-11(6-12(9)13(16)17)21(18,19)14-10(7-15)8-20-2/h4-6,10,14-15H,3,7-8H2,1-2H3,(H,16,17). The van der Waals surface area contributed by atoms with Crippen molar-refractivity contribution in [3.05, 3.63) is 29.3 Å². The van der Waals surface area contributed by atoms with Crippen LogP contribution in [-0.4, -0.2) is 51.0 Å². The molecule has 0 bridgehead atoms. The van der Waals surface area contributed by atoms with E-state index in [-0.39, 0.29) is 17.1 Å². The molecule has 21 heavy (non-hydrogen) atoms. The molecule has 1 atom stereocenters. The van der Waals surface area contributed by atoms with Crippen LogP contribution in [0.5, 0.6) is 0 Å². The Balaban J connectivity index is 3.14. The highest BCUT2D eigenvalue weighted by atomic mass is 32.2. The Morgan fingerprint density at radius 1 is 1.43 bits per heavy atom. The van der Waals surface area contributed by atoms with E-state index in [1.165, 1.54) is 19.2 Å². The molecule has 0 aliphatic rings. The number of benzene rings is 1. The van der Waals surface area contributed by atoms with Crippen LogP contribution in [0.3, 0.4) is 0 Å². The Bertz CT molecular complexity index is 599. The van der Waals surface area contributed by atoms with Gasteiger partial charge in [0.25, 0.3) is 0 Å². The molecule has 0 saturated carbocycles. The summed E-state index contributed by atoms with van der Waals surface area (Å²) < 4.78 is 31.4. The zero-order valence-corrected chi connectivity index (χ0v) is 12.7. The number of hydrogen-bond donors (Lipinski definition) is 3. The van der Waals surface area contributed by atoms with Gasteiger partial charge in [0.05, 0.1) is 29.7 Å². The summed E-state index contributed by atoms with van der Waals surface area (Å²) in [6, 6.07) is 3.14. The maximum atomic E-state index is 12.2. The number of ether oxygens (including phenoxy) is 1. The van der Waals surface area contributed by atoms with Gasteiger partial charge in [0.2, 0.25) is 10.0 Å². The minimum Gasteiger partial charge on any atom is -0.478 e. The van der Waals surface area contributed by atoms with Gasteiger partial charge in [-0.3, -0.25) is 0 Å². The molecule has 0 saturated heterocycles. The zero-order valence-electron chi connectivity index (χ0n) is 11.9. The summed E-state index contributed by atoms with van der Waals surface area (Å²) in [4.78, 5) is 11.0. The molecule has 0 aromatic heterocycles. The Morgan fingerprint density at radius 2 is 2.10 bits per heavy atom. The summed E-state index contributed by atoms with van der Waals surface area (Å²) in [6.07, 6.45) is 0.484. The number of rotatable bonds is 8. The summed E-state index contributed by atoms with van der Waals surface area (Å²) in [6.45, 7) is 1.37. The predicted octanol–water partition coefficient (Wildman–Crippen LogP) is 0.233. The zero-order chi connectivity index (χ0) is 16.0. The third kappa shape index (κ3) is 4.50. The van der Waals surface area contributed by atoms with Gasteiger partial charge >= 0.3 is 5.97 Å². The predicted molar refractivity (Wildman–Crippen MR) is 75.9 cm³/mol. The highest BCUT2D eigenvalue weighted by molar-refractivity contribution is 7.89. The second-order valence-corrected chi connectivity index (χ2v) is 6.15. The SMILES string of the molecule is CCc1ccc(S(=O)(=O)NC(CO)COC)cc1C(=O)O. The normalized spacial score (nSPS) is 13.1. The fourth-order valence-electron chi connectivity index (χ4n) is 1.84. The largest absolute Gasteiger partial charge is 0.478 e. The van der Waals surface area contributed by atoms with E-state index in [0.29, 0.717) is 12.0 Å². The average Bonchev–Trinajstić information content (AvgIpc) is 2.45. The van der Waals surface area contributed by atoms with E-state index < -0.39 is 28.6 Å². The average molecular weight is 317 g/mol. The number of sulfonamides is 1. The van der Waals surface area contributed by atoms with Crippen LogP contribution in [0.4, 0.5) is 0 Å². The van der Waals surface area contributed by atoms with Gasteiger partial charge in [-0.25, -0.2) is 17.9 Å². The third-order valence-electron chi connectivity index (χ3n) is 2.91. The summed E-state index contributed by atoms with van der Waals surface area (Å²) in [5, 5.41) is 18.2. The van der Waals surface area contributed by atoms with Crippen molar-refractivity contribution in [2.75, 3.05) is 20.3 Å². The van der Waals surface area contributed by atoms with Crippen LogP contribution in [0.25, 0.3) is 0 Å². The van der Waals surface area contributed by atoms with E-state index in [4.69, 9.17) is 14.9 Å². The highest BCUT2D eigenvalue weighted by Crippen LogP contribution is 2.17. The molecule has 0 aliphatic carbocycles. The van der Waals surface area contributed by atoms with Crippen molar-refractivity contribution < 1.29 is 28.2 Å². The number of carboxylic acids is 1. The number of aliphatic hydroxyl groups is 1. The molecular weight excluding hydrogens is 298 g/mol. The lowest BCUT2D eigenvalue weighted by atomic mass is 10.1. The van der Waals surface area contributed by atoms with Crippen LogP contribution < -0.4 is 4.72 Å². The lowest BCUT2D eigenvalue weighted by molar-refractivity contribution is 0.0695. The Morgan fingerprint density at radius 3 is 2.57 bits per heavy atom. The molecule has 7 nitrogen and oxygen atoms in total.